The van der Waals surface area contributed by atoms with E-state index in [4.69, 9.17) is 0 Å². The predicted octanol–water partition coefficient (Wildman–Crippen LogP) is 3.22. The minimum atomic E-state index is 0.334. The molecule has 0 radical (unpaired) electrons. The van der Waals surface area contributed by atoms with Gasteiger partial charge < -0.3 is 5.32 Å². The molecule has 2 heterocycles. The number of nitrogens with one attached hydrogen (secondary N) is 1. The van der Waals surface area contributed by atoms with Gasteiger partial charge in [-0.25, -0.2) is 0 Å². The highest BCUT2D eigenvalue weighted by Crippen LogP contribution is 2.23. The molecule has 1 N–H and O–H groups in total. The number of aryl methyl sites for hydroxylation is 2. The lowest BCUT2D eigenvalue weighted by Crippen LogP contribution is -2.06. The molecule has 0 aliphatic carbocycles. The molecule has 1 unspecified atom stereocenters. The van der Waals surface area contributed by atoms with Gasteiger partial charge in [-0.1, -0.05) is 6.92 Å². The van der Waals surface area contributed by atoms with Crippen molar-refractivity contribution in [3.63, 3.8) is 0 Å². The van der Waals surface area contributed by atoms with E-state index in [1.165, 1.54) is 5.56 Å². The van der Waals surface area contributed by atoms with Crippen LogP contribution in [0, 0.1) is 0 Å². The van der Waals surface area contributed by atoms with Gasteiger partial charge >= 0.3 is 0 Å². The summed E-state index contributed by atoms with van der Waals surface area (Å²) in [6.45, 7) is 4.30. The first-order valence-electron chi connectivity index (χ1n) is 5.52. The molecule has 0 fully saturated rings. The van der Waals surface area contributed by atoms with Gasteiger partial charge in [0.15, 0.2) is 0 Å². The fraction of sp³-hybridized carbons (Fsp3) is 0.417. The Bertz CT molecular complexity index is 445. The Labute approximate surface area is 100 Å². The van der Waals surface area contributed by atoms with Gasteiger partial charge in [0.05, 0.1) is 11.4 Å². The molecule has 4 heteroatoms. The summed E-state index contributed by atoms with van der Waals surface area (Å²) in [5, 5.41) is 12.2. The third kappa shape index (κ3) is 2.27. The average Bonchev–Trinajstić information content (AvgIpc) is 2.87. The van der Waals surface area contributed by atoms with E-state index < -0.39 is 0 Å². The maximum atomic E-state index is 4.42. The molecule has 0 aromatic carbocycles. The molecule has 2 aromatic rings. The highest BCUT2D eigenvalue weighted by molar-refractivity contribution is 7.07. The molecule has 2 aromatic heterocycles. The SMILES string of the molecule is CCc1nn(C)cc1NC(C)c1ccsc1. The third-order valence-corrected chi connectivity index (χ3v) is 3.36. The summed E-state index contributed by atoms with van der Waals surface area (Å²) in [7, 11) is 1.96. The fourth-order valence-corrected chi connectivity index (χ4v) is 2.51. The number of thiophene rings is 1. The highest BCUT2D eigenvalue weighted by Gasteiger charge is 2.10. The first kappa shape index (κ1) is 11.2. The van der Waals surface area contributed by atoms with Gasteiger partial charge in [0.25, 0.3) is 0 Å². The van der Waals surface area contributed by atoms with Crippen molar-refractivity contribution in [1.82, 2.24) is 9.78 Å². The molecule has 2 rings (SSSR count). The first-order valence-corrected chi connectivity index (χ1v) is 6.46. The van der Waals surface area contributed by atoms with E-state index >= 15 is 0 Å². The van der Waals surface area contributed by atoms with Crippen molar-refractivity contribution in [3.05, 3.63) is 34.3 Å². The lowest BCUT2D eigenvalue weighted by Gasteiger charge is -2.13. The van der Waals surface area contributed by atoms with Gasteiger partial charge in [-0.15, -0.1) is 0 Å². The molecule has 0 bridgehead atoms. The van der Waals surface area contributed by atoms with Crippen molar-refractivity contribution in [1.29, 1.82) is 0 Å². The van der Waals surface area contributed by atoms with Crippen LogP contribution in [0.1, 0.15) is 31.1 Å². The molecule has 1 atom stereocenters. The maximum Gasteiger partial charge on any atom is 0.0853 e. The lowest BCUT2D eigenvalue weighted by atomic mass is 10.1. The van der Waals surface area contributed by atoms with Crippen LogP contribution in [0.4, 0.5) is 5.69 Å². The van der Waals surface area contributed by atoms with Crippen molar-refractivity contribution >= 4 is 17.0 Å². The number of nitrogens with zero attached hydrogens (tertiary/aromatic N) is 2. The number of hydrogen-bond acceptors (Lipinski definition) is 3. The zero-order valence-corrected chi connectivity index (χ0v) is 10.7. The smallest absolute Gasteiger partial charge is 0.0853 e. The monoisotopic (exact) mass is 235 g/mol. The van der Waals surface area contributed by atoms with Gasteiger partial charge in [0, 0.05) is 19.3 Å². The number of hydrogen-bond donors (Lipinski definition) is 1. The summed E-state index contributed by atoms with van der Waals surface area (Å²) in [5.74, 6) is 0. The quantitative estimate of drug-likeness (QED) is 0.882. The Morgan fingerprint density at radius 1 is 1.56 bits per heavy atom. The summed E-state index contributed by atoms with van der Waals surface area (Å²) >= 11 is 1.73. The molecular weight excluding hydrogens is 218 g/mol. The zero-order chi connectivity index (χ0) is 11.5. The van der Waals surface area contributed by atoms with Gasteiger partial charge in [-0.05, 0) is 35.7 Å². The molecule has 86 valence electrons. The van der Waals surface area contributed by atoms with Crippen molar-refractivity contribution < 1.29 is 0 Å². The molecule has 0 amide bonds. The van der Waals surface area contributed by atoms with Crippen LogP contribution in [0.15, 0.2) is 23.0 Å². The summed E-state index contributed by atoms with van der Waals surface area (Å²) in [6, 6.07) is 2.49. The predicted molar refractivity (Wildman–Crippen MR) is 68.9 cm³/mol. The van der Waals surface area contributed by atoms with Crippen molar-refractivity contribution in [2.45, 2.75) is 26.3 Å². The summed E-state index contributed by atoms with van der Waals surface area (Å²) in [5.41, 5.74) is 3.60. The van der Waals surface area contributed by atoms with Crippen LogP contribution in [-0.4, -0.2) is 9.78 Å². The van der Waals surface area contributed by atoms with E-state index in [2.05, 4.69) is 41.1 Å². The number of anilines is 1. The molecule has 3 nitrogen and oxygen atoms in total. The average molecular weight is 235 g/mol. The van der Waals surface area contributed by atoms with E-state index in [0.29, 0.717) is 6.04 Å². The Kier molecular flexibility index (Phi) is 3.29. The van der Waals surface area contributed by atoms with Crippen LogP contribution < -0.4 is 5.32 Å². The van der Waals surface area contributed by atoms with Crippen LogP contribution in [-0.2, 0) is 13.5 Å². The molecule has 0 spiro atoms. The minimum absolute atomic E-state index is 0.334. The zero-order valence-electron chi connectivity index (χ0n) is 9.90. The second-order valence-corrected chi connectivity index (χ2v) is 4.72. The molecule has 0 saturated heterocycles. The molecule has 0 aliphatic heterocycles. The van der Waals surface area contributed by atoms with Gasteiger partial charge in [0.1, 0.15) is 0 Å². The van der Waals surface area contributed by atoms with Crippen molar-refractivity contribution in [2.24, 2.45) is 7.05 Å². The maximum absolute atomic E-state index is 4.42. The standard InChI is InChI=1S/C12H17N3S/c1-4-11-12(7-15(3)14-11)13-9(2)10-5-6-16-8-10/h5-9,13H,4H2,1-3H3. The van der Waals surface area contributed by atoms with Crippen LogP contribution >= 0.6 is 11.3 Å². The number of aromatic nitrogens is 2. The van der Waals surface area contributed by atoms with Gasteiger partial charge in [-0.2, -0.15) is 16.4 Å². The Hall–Kier alpha value is -1.29. The molecule has 0 saturated carbocycles. The molecule has 16 heavy (non-hydrogen) atoms. The fourth-order valence-electron chi connectivity index (χ4n) is 1.75. The van der Waals surface area contributed by atoms with Crippen molar-refractivity contribution in [2.75, 3.05) is 5.32 Å². The van der Waals surface area contributed by atoms with E-state index in [0.717, 1.165) is 17.8 Å². The Morgan fingerprint density at radius 3 is 3.00 bits per heavy atom. The van der Waals surface area contributed by atoms with Crippen LogP contribution in [0.3, 0.4) is 0 Å². The normalized spacial score (nSPS) is 12.7. The summed E-state index contributed by atoms with van der Waals surface area (Å²) in [6.07, 6.45) is 3.00. The van der Waals surface area contributed by atoms with Crippen LogP contribution in [0.2, 0.25) is 0 Å². The Balaban J connectivity index is 2.14. The second kappa shape index (κ2) is 4.70. The number of rotatable bonds is 4. The molecule has 0 aliphatic rings. The topological polar surface area (TPSA) is 29.9 Å². The summed E-state index contributed by atoms with van der Waals surface area (Å²) < 4.78 is 1.86. The highest BCUT2D eigenvalue weighted by atomic mass is 32.1. The van der Waals surface area contributed by atoms with Crippen LogP contribution in [0.25, 0.3) is 0 Å². The third-order valence-electron chi connectivity index (χ3n) is 2.66. The largest absolute Gasteiger partial charge is 0.376 e. The van der Waals surface area contributed by atoms with E-state index in [-0.39, 0.29) is 0 Å². The second-order valence-electron chi connectivity index (χ2n) is 3.94. The van der Waals surface area contributed by atoms with E-state index in [1.807, 2.05) is 17.9 Å². The van der Waals surface area contributed by atoms with E-state index in [1.54, 1.807) is 11.3 Å². The van der Waals surface area contributed by atoms with Crippen molar-refractivity contribution in [3.8, 4) is 0 Å². The lowest BCUT2D eigenvalue weighted by molar-refractivity contribution is 0.746. The first-order chi connectivity index (χ1) is 7.70. The molecular formula is C12H17N3S. The Morgan fingerprint density at radius 2 is 2.38 bits per heavy atom. The summed E-state index contributed by atoms with van der Waals surface area (Å²) in [4.78, 5) is 0. The van der Waals surface area contributed by atoms with Gasteiger partial charge in [-0.3, -0.25) is 4.68 Å². The van der Waals surface area contributed by atoms with E-state index in [9.17, 15) is 0 Å². The van der Waals surface area contributed by atoms with Crippen LogP contribution in [0.5, 0.6) is 0 Å². The minimum Gasteiger partial charge on any atom is -0.376 e. The van der Waals surface area contributed by atoms with Gasteiger partial charge in [0.2, 0.25) is 0 Å².